The number of amides is 1. The summed E-state index contributed by atoms with van der Waals surface area (Å²) in [7, 11) is 0. The van der Waals surface area contributed by atoms with E-state index >= 15 is 0 Å². The number of hydrogen-bond acceptors (Lipinski definition) is 6. The molecule has 2 unspecified atom stereocenters. The number of rotatable bonds is 3. The van der Waals surface area contributed by atoms with E-state index in [1.807, 2.05) is 0 Å². The van der Waals surface area contributed by atoms with Crippen LogP contribution in [0, 0.1) is 10.1 Å². The quantitative estimate of drug-likeness (QED) is 0.655. The van der Waals surface area contributed by atoms with Gasteiger partial charge in [0.15, 0.2) is 5.76 Å². The van der Waals surface area contributed by atoms with E-state index in [0.29, 0.717) is 0 Å². The van der Waals surface area contributed by atoms with Crippen molar-refractivity contribution in [3.05, 3.63) is 28.0 Å². The van der Waals surface area contributed by atoms with Crippen molar-refractivity contribution in [2.75, 3.05) is 5.75 Å². The summed E-state index contributed by atoms with van der Waals surface area (Å²) in [6.07, 6.45) is 0. The van der Waals surface area contributed by atoms with Gasteiger partial charge in [-0.25, -0.2) is 4.79 Å². The van der Waals surface area contributed by atoms with Gasteiger partial charge in [0.2, 0.25) is 0 Å². The van der Waals surface area contributed by atoms with Gasteiger partial charge in [0.1, 0.15) is 11.0 Å². The Labute approximate surface area is 111 Å². The Hall–Kier alpha value is -2.03. The highest BCUT2D eigenvalue weighted by Gasteiger charge is 2.41. The lowest BCUT2D eigenvalue weighted by Crippen LogP contribution is -2.44. The highest BCUT2D eigenvalue weighted by molar-refractivity contribution is 8.00. The third-order valence-corrected chi connectivity index (χ3v) is 3.94. The number of nitrogens with zero attached hydrogens (tertiary/aromatic N) is 2. The molecule has 102 valence electrons. The van der Waals surface area contributed by atoms with Gasteiger partial charge in [-0.1, -0.05) is 0 Å². The maximum Gasteiger partial charge on any atom is 0.433 e. The molecular formula is C10H10N2O6S. The molecule has 2 rings (SSSR count). The molecule has 0 aromatic carbocycles. The highest BCUT2D eigenvalue weighted by atomic mass is 32.2. The summed E-state index contributed by atoms with van der Waals surface area (Å²) in [5, 5.41) is 19.2. The molecule has 2 atom stereocenters. The third-order valence-electron chi connectivity index (χ3n) is 2.72. The summed E-state index contributed by atoms with van der Waals surface area (Å²) in [5.74, 6) is -2.25. The number of carboxylic acid groups (broad SMARTS) is 1. The Balaban J connectivity index is 2.26. The van der Waals surface area contributed by atoms with Crippen LogP contribution in [0.1, 0.15) is 17.5 Å². The Morgan fingerprint density at radius 3 is 2.79 bits per heavy atom. The van der Waals surface area contributed by atoms with E-state index < -0.39 is 28.7 Å². The SMILES string of the molecule is CC1SCC(C(=O)O)N1C(=O)c1ccc([N+](=O)[O-])o1. The number of hydrogen-bond donors (Lipinski definition) is 1. The van der Waals surface area contributed by atoms with E-state index in [0.717, 1.165) is 11.0 Å². The van der Waals surface area contributed by atoms with Crippen LogP contribution >= 0.6 is 11.8 Å². The molecule has 1 amide bonds. The van der Waals surface area contributed by atoms with Gasteiger partial charge in [0, 0.05) is 5.75 Å². The molecule has 1 N–H and O–H groups in total. The lowest BCUT2D eigenvalue weighted by atomic mass is 10.2. The monoisotopic (exact) mass is 286 g/mol. The molecule has 9 heteroatoms. The first kappa shape index (κ1) is 13.4. The summed E-state index contributed by atoms with van der Waals surface area (Å²) >= 11 is 1.33. The van der Waals surface area contributed by atoms with Gasteiger partial charge < -0.3 is 14.4 Å². The van der Waals surface area contributed by atoms with Crippen LogP contribution in [-0.2, 0) is 4.79 Å². The average molecular weight is 286 g/mol. The van der Waals surface area contributed by atoms with Gasteiger partial charge in [0.25, 0.3) is 5.91 Å². The fourth-order valence-corrected chi connectivity index (χ4v) is 2.98. The predicted octanol–water partition coefficient (Wildman–Crippen LogP) is 1.18. The Morgan fingerprint density at radius 1 is 1.58 bits per heavy atom. The van der Waals surface area contributed by atoms with Gasteiger partial charge in [-0.05, 0) is 13.0 Å². The molecule has 0 radical (unpaired) electrons. The minimum Gasteiger partial charge on any atom is -0.480 e. The number of nitro groups is 1. The Morgan fingerprint density at radius 2 is 2.26 bits per heavy atom. The van der Waals surface area contributed by atoms with Crippen LogP contribution in [0.4, 0.5) is 5.88 Å². The summed E-state index contributed by atoms with van der Waals surface area (Å²) in [4.78, 5) is 34.1. The van der Waals surface area contributed by atoms with Crippen molar-refractivity contribution in [2.45, 2.75) is 18.3 Å². The van der Waals surface area contributed by atoms with Gasteiger partial charge in [-0.3, -0.25) is 14.9 Å². The second kappa shape index (κ2) is 4.92. The number of carbonyl (C=O) groups excluding carboxylic acids is 1. The Bertz CT molecular complexity index is 542. The fraction of sp³-hybridized carbons (Fsp3) is 0.400. The van der Waals surface area contributed by atoms with E-state index in [4.69, 9.17) is 9.52 Å². The molecule has 0 bridgehead atoms. The molecule has 0 aliphatic carbocycles. The zero-order chi connectivity index (χ0) is 14.2. The second-order valence-electron chi connectivity index (χ2n) is 3.89. The van der Waals surface area contributed by atoms with Crippen molar-refractivity contribution in [3.63, 3.8) is 0 Å². The lowest BCUT2D eigenvalue weighted by Gasteiger charge is -2.23. The Kier molecular flexibility index (Phi) is 3.47. The zero-order valence-electron chi connectivity index (χ0n) is 9.81. The molecule has 1 aliphatic rings. The van der Waals surface area contributed by atoms with Crippen LogP contribution in [0.25, 0.3) is 0 Å². The van der Waals surface area contributed by atoms with Gasteiger partial charge in [-0.2, -0.15) is 0 Å². The van der Waals surface area contributed by atoms with Crippen molar-refractivity contribution in [1.82, 2.24) is 4.90 Å². The minimum atomic E-state index is -1.11. The van der Waals surface area contributed by atoms with Crippen LogP contribution < -0.4 is 0 Å². The number of aliphatic carboxylic acids is 1. The maximum absolute atomic E-state index is 12.1. The van der Waals surface area contributed by atoms with Crippen LogP contribution in [0.2, 0.25) is 0 Å². The molecule has 1 aliphatic heterocycles. The number of carboxylic acids is 1. The van der Waals surface area contributed by atoms with E-state index in [2.05, 4.69) is 0 Å². The molecule has 8 nitrogen and oxygen atoms in total. The molecule has 1 saturated heterocycles. The van der Waals surface area contributed by atoms with Crippen LogP contribution in [0.3, 0.4) is 0 Å². The predicted molar refractivity (Wildman–Crippen MR) is 64.9 cm³/mol. The van der Waals surface area contributed by atoms with Crippen molar-refractivity contribution in [1.29, 1.82) is 0 Å². The molecule has 0 saturated carbocycles. The summed E-state index contributed by atoms with van der Waals surface area (Å²) in [5.41, 5.74) is 0. The van der Waals surface area contributed by atoms with Crippen molar-refractivity contribution in [3.8, 4) is 0 Å². The number of furan rings is 1. The van der Waals surface area contributed by atoms with Gasteiger partial charge >= 0.3 is 11.9 Å². The average Bonchev–Trinajstić information content (AvgIpc) is 2.94. The number of thioether (sulfide) groups is 1. The zero-order valence-corrected chi connectivity index (χ0v) is 10.6. The summed E-state index contributed by atoms with van der Waals surface area (Å²) < 4.78 is 4.80. The fourth-order valence-electron chi connectivity index (χ4n) is 1.81. The first-order valence-electron chi connectivity index (χ1n) is 5.33. The summed E-state index contributed by atoms with van der Waals surface area (Å²) in [6.45, 7) is 1.70. The largest absolute Gasteiger partial charge is 0.480 e. The molecular weight excluding hydrogens is 276 g/mol. The standard InChI is InChI=1S/C10H10N2O6S/c1-5-11(6(4-19-5)10(14)15)9(13)7-2-3-8(18-7)12(16)17/h2-3,5-6H,4H2,1H3,(H,14,15). The molecule has 1 aromatic heterocycles. The summed E-state index contributed by atoms with van der Waals surface area (Å²) in [6, 6.07) is 1.29. The van der Waals surface area contributed by atoms with E-state index in [1.54, 1.807) is 6.92 Å². The van der Waals surface area contributed by atoms with Gasteiger partial charge in [0.05, 0.1) is 11.4 Å². The van der Waals surface area contributed by atoms with E-state index in [1.165, 1.54) is 17.8 Å². The highest BCUT2D eigenvalue weighted by Crippen LogP contribution is 2.31. The second-order valence-corrected chi connectivity index (χ2v) is 5.24. The van der Waals surface area contributed by atoms with Crippen molar-refractivity contribution < 1.29 is 24.0 Å². The van der Waals surface area contributed by atoms with E-state index in [9.17, 15) is 19.7 Å². The molecule has 0 spiro atoms. The van der Waals surface area contributed by atoms with Crippen molar-refractivity contribution >= 4 is 29.5 Å². The maximum atomic E-state index is 12.1. The molecule has 1 fully saturated rings. The molecule has 2 heterocycles. The first-order chi connectivity index (χ1) is 8.91. The van der Waals surface area contributed by atoms with Gasteiger partial charge in [-0.15, -0.1) is 11.8 Å². The van der Waals surface area contributed by atoms with Crippen LogP contribution in [0.15, 0.2) is 16.5 Å². The smallest absolute Gasteiger partial charge is 0.433 e. The first-order valence-corrected chi connectivity index (χ1v) is 6.38. The van der Waals surface area contributed by atoms with Crippen molar-refractivity contribution in [2.24, 2.45) is 0 Å². The van der Waals surface area contributed by atoms with Crippen LogP contribution in [0.5, 0.6) is 0 Å². The van der Waals surface area contributed by atoms with Crippen LogP contribution in [-0.4, -0.2) is 44.0 Å². The molecule has 19 heavy (non-hydrogen) atoms. The number of carbonyl (C=O) groups is 2. The third kappa shape index (κ3) is 2.41. The van der Waals surface area contributed by atoms with E-state index in [-0.39, 0.29) is 16.9 Å². The minimum absolute atomic E-state index is 0.229. The topological polar surface area (TPSA) is 114 Å². The normalized spacial score (nSPS) is 22.5. The lowest BCUT2D eigenvalue weighted by molar-refractivity contribution is -0.402. The molecule has 1 aromatic rings.